The predicted molar refractivity (Wildman–Crippen MR) is 116 cm³/mol. The minimum Gasteiger partial charge on any atom is -0.378 e. The number of morpholine rings is 1. The fourth-order valence-corrected chi connectivity index (χ4v) is 3.81. The smallest absolute Gasteiger partial charge is 0.236 e. The van der Waals surface area contributed by atoms with Gasteiger partial charge in [0, 0.05) is 52.4 Å². The first-order valence-corrected chi connectivity index (χ1v) is 11.0. The van der Waals surface area contributed by atoms with Gasteiger partial charge in [-0.2, -0.15) is 0 Å². The van der Waals surface area contributed by atoms with Gasteiger partial charge in [0.2, 0.25) is 5.91 Å². The molecule has 2 fully saturated rings. The summed E-state index contributed by atoms with van der Waals surface area (Å²) in [6, 6.07) is 6.77. The van der Waals surface area contributed by atoms with Crippen molar-refractivity contribution in [2.75, 3.05) is 72.1 Å². The van der Waals surface area contributed by atoms with Crippen LogP contribution in [0.2, 0.25) is 0 Å². The molecule has 8 heteroatoms. The number of aryl methyl sites for hydroxylation is 1. The van der Waals surface area contributed by atoms with Crippen LogP contribution in [0, 0.1) is 5.82 Å². The summed E-state index contributed by atoms with van der Waals surface area (Å²) in [5.74, 6) is 0.940. The molecule has 0 radical (unpaired) electrons. The zero-order valence-corrected chi connectivity index (χ0v) is 18.0. The van der Waals surface area contributed by atoms with Crippen LogP contribution >= 0.6 is 0 Å². The zero-order chi connectivity index (χ0) is 21.2. The number of nitrogens with zero attached hydrogens (tertiary/aromatic N) is 4. The third-order valence-corrected chi connectivity index (χ3v) is 5.50. The summed E-state index contributed by atoms with van der Waals surface area (Å²) in [4.78, 5) is 23.6. The number of amides is 1. The van der Waals surface area contributed by atoms with E-state index in [1.807, 2.05) is 11.0 Å². The second-order valence-electron chi connectivity index (χ2n) is 7.73. The molecule has 0 saturated carbocycles. The lowest BCUT2D eigenvalue weighted by Crippen LogP contribution is -2.54. The molecule has 0 spiro atoms. The lowest BCUT2D eigenvalue weighted by Gasteiger charge is -2.37. The van der Waals surface area contributed by atoms with Gasteiger partial charge in [0.25, 0.3) is 0 Å². The number of piperazine rings is 1. The van der Waals surface area contributed by atoms with Crippen molar-refractivity contribution >= 4 is 11.9 Å². The second kappa shape index (κ2) is 11.9. The molecule has 7 nitrogen and oxygen atoms in total. The van der Waals surface area contributed by atoms with Crippen molar-refractivity contribution in [1.29, 1.82) is 0 Å². The molecule has 0 aliphatic carbocycles. The summed E-state index contributed by atoms with van der Waals surface area (Å²) in [5, 5.41) is 3.38. The summed E-state index contributed by atoms with van der Waals surface area (Å²) in [5.41, 5.74) is 1.01. The highest BCUT2D eigenvalue weighted by molar-refractivity contribution is 5.80. The average Bonchev–Trinajstić information content (AvgIpc) is 2.77. The predicted octanol–water partition coefficient (Wildman–Crippen LogP) is 1.20. The first-order valence-electron chi connectivity index (χ1n) is 11.0. The van der Waals surface area contributed by atoms with Gasteiger partial charge >= 0.3 is 0 Å². The van der Waals surface area contributed by atoms with E-state index >= 15 is 0 Å². The number of halogens is 1. The Balaban J connectivity index is 1.42. The van der Waals surface area contributed by atoms with Gasteiger partial charge in [-0.05, 0) is 37.5 Å². The molecule has 30 heavy (non-hydrogen) atoms. The van der Waals surface area contributed by atoms with Crippen LogP contribution in [0.4, 0.5) is 4.39 Å². The van der Waals surface area contributed by atoms with E-state index in [4.69, 9.17) is 9.73 Å². The number of guanidine groups is 1. The van der Waals surface area contributed by atoms with Gasteiger partial charge in [-0.3, -0.25) is 14.7 Å². The van der Waals surface area contributed by atoms with Crippen molar-refractivity contribution < 1.29 is 13.9 Å². The van der Waals surface area contributed by atoms with Crippen molar-refractivity contribution in [1.82, 2.24) is 20.0 Å². The molecule has 0 bridgehead atoms. The molecule has 166 valence electrons. The van der Waals surface area contributed by atoms with E-state index in [1.165, 1.54) is 6.07 Å². The molecular formula is C22H34FN5O2. The Labute approximate surface area is 178 Å². The third kappa shape index (κ3) is 6.95. The van der Waals surface area contributed by atoms with E-state index in [2.05, 4.69) is 22.0 Å². The van der Waals surface area contributed by atoms with Gasteiger partial charge in [0.15, 0.2) is 5.96 Å². The largest absolute Gasteiger partial charge is 0.378 e. The molecule has 1 amide bonds. The van der Waals surface area contributed by atoms with Gasteiger partial charge < -0.3 is 19.9 Å². The molecule has 1 aromatic carbocycles. The highest BCUT2D eigenvalue weighted by Gasteiger charge is 2.24. The SMILES string of the molecule is CCNC(=NCCCc1cccc(F)c1)N1CCN(CC(=O)N2CCOCC2)CC1. The summed E-state index contributed by atoms with van der Waals surface area (Å²) < 4.78 is 18.6. The fourth-order valence-electron chi connectivity index (χ4n) is 3.81. The van der Waals surface area contributed by atoms with E-state index in [0.29, 0.717) is 39.4 Å². The van der Waals surface area contributed by atoms with Crippen LogP contribution in [-0.4, -0.2) is 98.7 Å². The first-order chi connectivity index (χ1) is 14.7. The normalized spacial score (nSPS) is 18.5. The summed E-state index contributed by atoms with van der Waals surface area (Å²) >= 11 is 0. The Morgan fingerprint density at radius 2 is 1.90 bits per heavy atom. The van der Waals surface area contributed by atoms with Gasteiger partial charge in [-0.25, -0.2) is 4.39 Å². The Hall–Kier alpha value is -2.19. The lowest BCUT2D eigenvalue weighted by molar-refractivity contribution is -0.136. The minimum absolute atomic E-state index is 0.186. The number of hydrogen-bond acceptors (Lipinski definition) is 4. The van der Waals surface area contributed by atoms with E-state index < -0.39 is 0 Å². The maximum atomic E-state index is 13.3. The number of rotatable bonds is 7. The number of benzene rings is 1. The van der Waals surface area contributed by atoms with Gasteiger partial charge in [-0.1, -0.05) is 12.1 Å². The van der Waals surface area contributed by atoms with Crippen LogP contribution in [0.3, 0.4) is 0 Å². The van der Waals surface area contributed by atoms with Gasteiger partial charge in [0.1, 0.15) is 5.82 Å². The van der Waals surface area contributed by atoms with Crippen molar-refractivity contribution in [2.45, 2.75) is 19.8 Å². The van der Waals surface area contributed by atoms with Crippen molar-refractivity contribution in [3.63, 3.8) is 0 Å². The Bertz CT molecular complexity index is 701. The van der Waals surface area contributed by atoms with Crippen LogP contribution in [0.15, 0.2) is 29.3 Å². The maximum Gasteiger partial charge on any atom is 0.236 e. The Morgan fingerprint density at radius 3 is 2.60 bits per heavy atom. The van der Waals surface area contributed by atoms with Crippen molar-refractivity contribution in [3.8, 4) is 0 Å². The summed E-state index contributed by atoms with van der Waals surface area (Å²) in [6.07, 6.45) is 1.70. The van der Waals surface area contributed by atoms with E-state index in [0.717, 1.165) is 57.1 Å². The number of aliphatic imine (C=N–C) groups is 1. The molecule has 1 N–H and O–H groups in total. The topological polar surface area (TPSA) is 60.4 Å². The molecule has 0 aromatic heterocycles. The monoisotopic (exact) mass is 419 g/mol. The third-order valence-electron chi connectivity index (χ3n) is 5.50. The maximum absolute atomic E-state index is 13.3. The van der Waals surface area contributed by atoms with E-state index in [1.54, 1.807) is 12.1 Å². The second-order valence-corrected chi connectivity index (χ2v) is 7.73. The molecule has 3 rings (SSSR count). The Kier molecular flexibility index (Phi) is 8.89. The van der Waals surface area contributed by atoms with Gasteiger partial charge in [-0.15, -0.1) is 0 Å². The quantitative estimate of drug-likeness (QED) is 0.409. The number of hydrogen-bond donors (Lipinski definition) is 1. The molecule has 0 unspecified atom stereocenters. The summed E-state index contributed by atoms with van der Waals surface area (Å²) in [6.45, 7) is 10.2. The average molecular weight is 420 g/mol. The molecule has 2 aliphatic heterocycles. The van der Waals surface area contributed by atoms with Crippen LogP contribution in [0.5, 0.6) is 0 Å². The van der Waals surface area contributed by atoms with Crippen molar-refractivity contribution in [2.24, 2.45) is 4.99 Å². The first kappa shape index (κ1) is 22.5. The fraction of sp³-hybridized carbons (Fsp3) is 0.636. The minimum atomic E-state index is -0.186. The van der Waals surface area contributed by atoms with E-state index in [-0.39, 0.29) is 11.7 Å². The van der Waals surface area contributed by atoms with Crippen LogP contribution < -0.4 is 5.32 Å². The lowest BCUT2D eigenvalue weighted by atomic mass is 10.1. The molecule has 1 aromatic rings. The highest BCUT2D eigenvalue weighted by atomic mass is 19.1. The van der Waals surface area contributed by atoms with E-state index in [9.17, 15) is 9.18 Å². The van der Waals surface area contributed by atoms with Crippen LogP contribution in [0.25, 0.3) is 0 Å². The molecular weight excluding hydrogens is 385 g/mol. The molecule has 2 heterocycles. The molecule has 0 atom stereocenters. The molecule has 2 aliphatic rings. The number of carbonyl (C=O) groups is 1. The zero-order valence-electron chi connectivity index (χ0n) is 18.0. The number of nitrogens with one attached hydrogen (secondary N) is 1. The summed E-state index contributed by atoms with van der Waals surface area (Å²) in [7, 11) is 0. The highest BCUT2D eigenvalue weighted by Crippen LogP contribution is 2.08. The van der Waals surface area contributed by atoms with Crippen molar-refractivity contribution in [3.05, 3.63) is 35.6 Å². The van der Waals surface area contributed by atoms with Gasteiger partial charge in [0.05, 0.1) is 19.8 Å². The molecule has 2 saturated heterocycles. The van der Waals surface area contributed by atoms with Crippen LogP contribution in [0.1, 0.15) is 18.9 Å². The Morgan fingerprint density at radius 1 is 1.13 bits per heavy atom. The standard InChI is InChI=1S/C22H34FN5O2/c1-2-24-22(25-8-4-6-19-5-3-7-20(23)17-19)28-11-9-26(10-12-28)18-21(29)27-13-15-30-16-14-27/h3,5,7,17H,2,4,6,8-16,18H2,1H3,(H,24,25). The van der Waals surface area contributed by atoms with Crippen LogP contribution in [-0.2, 0) is 16.0 Å². The number of carbonyl (C=O) groups excluding carboxylic acids is 1. The number of ether oxygens (including phenoxy) is 1.